The number of halogens is 3. The van der Waals surface area contributed by atoms with Crippen LogP contribution in [0, 0.1) is 6.92 Å². The van der Waals surface area contributed by atoms with Crippen molar-refractivity contribution < 1.29 is 4.74 Å². The minimum absolute atomic E-state index is 0.0818. The van der Waals surface area contributed by atoms with E-state index in [9.17, 15) is 0 Å². The van der Waals surface area contributed by atoms with E-state index in [0.29, 0.717) is 10.0 Å². The summed E-state index contributed by atoms with van der Waals surface area (Å²) in [5.74, 6) is 0.820. The smallest absolute Gasteiger partial charge is 0.124 e. The summed E-state index contributed by atoms with van der Waals surface area (Å²) < 4.78 is 6.55. The Bertz CT molecular complexity index is 661. The SMILES string of the molecule is CNC(c1ccc(Cl)cc1Cl)c1cc(Br)c(C)cc1OC. The minimum atomic E-state index is -0.0818. The summed E-state index contributed by atoms with van der Waals surface area (Å²) in [5, 5.41) is 4.53. The molecule has 112 valence electrons. The lowest BCUT2D eigenvalue weighted by Crippen LogP contribution is -2.19. The van der Waals surface area contributed by atoms with Crippen LogP contribution in [-0.4, -0.2) is 14.2 Å². The summed E-state index contributed by atoms with van der Waals surface area (Å²) in [4.78, 5) is 0. The largest absolute Gasteiger partial charge is 0.496 e. The molecule has 0 aromatic heterocycles. The van der Waals surface area contributed by atoms with Gasteiger partial charge in [0.2, 0.25) is 0 Å². The molecule has 0 aliphatic carbocycles. The Hall–Kier alpha value is -0.740. The molecule has 0 amide bonds. The normalized spacial score (nSPS) is 12.3. The second kappa shape index (κ2) is 7.01. The highest BCUT2D eigenvalue weighted by Crippen LogP contribution is 2.37. The zero-order chi connectivity index (χ0) is 15.6. The predicted octanol–water partition coefficient (Wildman–Crippen LogP) is 5.38. The van der Waals surface area contributed by atoms with Crippen LogP contribution in [-0.2, 0) is 0 Å². The molecule has 0 bridgehead atoms. The number of nitrogens with one attached hydrogen (secondary N) is 1. The first-order valence-electron chi connectivity index (χ1n) is 6.44. The van der Waals surface area contributed by atoms with E-state index in [2.05, 4.69) is 27.3 Å². The van der Waals surface area contributed by atoms with E-state index in [4.69, 9.17) is 27.9 Å². The van der Waals surface area contributed by atoms with Crippen molar-refractivity contribution in [1.82, 2.24) is 5.32 Å². The molecule has 1 N–H and O–H groups in total. The van der Waals surface area contributed by atoms with Gasteiger partial charge in [-0.3, -0.25) is 0 Å². The van der Waals surface area contributed by atoms with Gasteiger partial charge in [-0.05, 0) is 49.4 Å². The fourth-order valence-corrected chi connectivity index (χ4v) is 3.17. The Morgan fingerprint density at radius 2 is 1.86 bits per heavy atom. The van der Waals surface area contributed by atoms with E-state index >= 15 is 0 Å². The van der Waals surface area contributed by atoms with Crippen LogP contribution in [0.3, 0.4) is 0 Å². The Balaban J connectivity index is 2.58. The van der Waals surface area contributed by atoms with Gasteiger partial charge < -0.3 is 10.1 Å². The predicted molar refractivity (Wildman–Crippen MR) is 92.8 cm³/mol. The highest BCUT2D eigenvalue weighted by atomic mass is 79.9. The van der Waals surface area contributed by atoms with Gasteiger partial charge in [-0.2, -0.15) is 0 Å². The van der Waals surface area contributed by atoms with E-state index in [0.717, 1.165) is 26.9 Å². The molecule has 0 aliphatic heterocycles. The maximum absolute atomic E-state index is 6.34. The van der Waals surface area contributed by atoms with Crippen molar-refractivity contribution >= 4 is 39.1 Å². The number of aryl methyl sites for hydroxylation is 1. The van der Waals surface area contributed by atoms with Crippen molar-refractivity contribution in [2.75, 3.05) is 14.2 Å². The molecule has 2 aromatic carbocycles. The third-order valence-corrected chi connectivity index (χ3v) is 4.80. The van der Waals surface area contributed by atoms with Crippen LogP contribution in [0.25, 0.3) is 0 Å². The molecule has 0 spiro atoms. The molecule has 0 saturated heterocycles. The second-order valence-corrected chi connectivity index (χ2v) is 6.43. The van der Waals surface area contributed by atoms with Gasteiger partial charge in [0.1, 0.15) is 5.75 Å². The number of hydrogen-bond acceptors (Lipinski definition) is 2. The van der Waals surface area contributed by atoms with Crippen LogP contribution < -0.4 is 10.1 Å². The molecule has 1 atom stereocenters. The van der Waals surface area contributed by atoms with Gasteiger partial charge in [-0.25, -0.2) is 0 Å². The average Bonchev–Trinajstić information content (AvgIpc) is 2.45. The lowest BCUT2D eigenvalue weighted by molar-refractivity contribution is 0.405. The van der Waals surface area contributed by atoms with Crippen molar-refractivity contribution in [3.05, 3.63) is 61.5 Å². The number of methoxy groups -OCH3 is 1. The zero-order valence-corrected chi connectivity index (χ0v) is 15.1. The molecule has 5 heteroatoms. The van der Waals surface area contributed by atoms with Crippen molar-refractivity contribution in [2.45, 2.75) is 13.0 Å². The molecule has 0 fully saturated rings. The first-order valence-corrected chi connectivity index (χ1v) is 7.99. The van der Waals surface area contributed by atoms with Crippen molar-refractivity contribution in [1.29, 1.82) is 0 Å². The molecule has 0 radical (unpaired) electrons. The number of ether oxygens (including phenoxy) is 1. The first-order chi connectivity index (χ1) is 9.97. The third-order valence-electron chi connectivity index (χ3n) is 3.38. The minimum Gasteiger partial charge on any atom is -0.496 e. The van der Waals surface area contributed by atoms with E-state index in [1.807, 2.05) is 32.2 Å². The van der Waals surface area contributed by atoms with Crippen LogP contribution in [0.4, 0.5) is 0 Å². The zero-order valence-electron chi connectivity index (χ0n) is 12.0. The quantitative estimate of drug-likeness (QED) is 0.758. The molecule has 1 unspecified atom stereocenters. The summed E-state index contributed by atoms with van der Waals surface area (Å²) >= 11 is 15.9. The molecule has 2 aromatic rings. The van der Waals surface area contributed by atoms with Gasteiger partial charge in [0.25, 0.3) is 0 Å². The summed E-state index contributed by atoms with van der Waals surface area (Å²) in [7, 11) is 3.56. The highest BCUT2D eigenvalue weighted by Gasteiger charge is 2.20. The van der Waals surface area contributed by atoms with Gasteiger partial charge in [0, 0.05) is 20.1 Å². The monoisotopic (exact) mass is 387 g/mol. The Labute approximate surface area is 143 Å². The van der Waals surface area contributed by atoms with Crippen LogP contribution in [0.2, 0.25) is 10.0 Å². The summed E-state index contributed by atoms with van der Waals surface area (Å²) in [5.41, 5.74) is 3.09. The van der Waals surface area contributed by atoms with Gasteiger partial charge >= 0.3 is 0 Å². The van der Waals surface area contributed by atoms with Gasteiger partial charge in [0.05, 0.1) is 13.2 Å². The van der Waals surface area contributed by atoms with E-state index < -0.39 is 0 Å². The summed E-state index contributed by atoms with van der Waals surface area (Å²) in [6, 6.07) is 9.50. The fourth-order valence-electron chi connectivity index (χ4n) is 2.29. The first kappa shape index (κ1) is 16.6. The molecular formula is C16H16BrCl2NO. The average molecular weight is 389 g/mol. The second-order valence-electron chi connectivity index (χ2n) is 4.73. The Morgan fingerprint density at radius 3 is 2.43 bits per heavy atom. The molecule has 0 heterocycles. The third kappa shape index (κ3) is 3.54. The molecular weight excluding hydrogens is 373 g/mol. The van der Waals surface area contributed by atoms with Crippen LogP contribution in [0.5, 0.6) is 5.75 Å². The summed E-state index contributed by atoms with van der Waals surface area (Å²) in [6.07, 6.45) is 0. The van der Waals surface area contributed by atoms with E-state index in [1.54, 1.807) is 13.2 Å². The van der Waals surface area contributed by atoms with Gasteiger partial charge in [0.15, 0.2) is 0 Å². The summed E-state index contributed by atoms with van der Waals surface area (Å²) in [6.45, 7) is 2.03. The van der Waals surface area contributed by atoms with E-state index in [1.165, 1.54) is 0 Å². The molecule has 0 aliphatic rings. The molecule has 2 nitrogen and oxygen atoms in total. The van der Waals surface area contributed by atoms with Gasteiger partial charge in [-0.1, -0.05) is 45.2 Å². The van der Waals surface area contributed by atoms with E-state index in [-0.39, 0.29) is 6.04 Å². The topological polar surface area (TPSA) is 21.3 Å². The van der Waals surface area contributed by atoms with Crippen LogP contribution in [0.1, 0.15) is 22.7 Å². The van der Waals surface area contributed by atoms with Crippen LogP contribution >= 0.6 is 39.1 Å². The Morgan fingerprint density at radius 1 is 1.14 bits per heavy atom. The van der Waals surface area contributed by atoms with Gasteiger partial charge in [-0.15, -0.1) is 0 Å². The maximum Gasteiger partial charge on any atom is 0.124 e. The lowest BCUT2D eigenvalue weighted by Gasteiger charge is -2.22. The Kier molecular flexibility index (Phi) is 5.55. The molecule has 2 rings (SSSR count). The van der Waals surface area contributed by atoms with Crippen molar-refractivity contribution in [3.8, 4) is 5.75 Å². The number of benzene rings is 2. The number of rotatable bonds is 4. The fraction of sp³-hybridized carbons (Fsp3) is 0.250. The van der Waals surface area contributed by atoms with Crippen molar-refractivity contribution in [3.63, 3.8) is 0 Å². The lowest BCUT2D eigenvalue weighted by atomic mass is 9.97. The molecule has 21 heavy (non-hydrogen) atoms. The van der Waals surface area contributed by atoms with Crippen LogP contribution in [0.15, 0.2) is 34.8 Å². The number of hydrogen-bond donors (Lipinski definition) is 1. The van der Waals surface area contributed by atoms with Crippen molar-refractivity contribution in [2.24, 2.45) is 0 Å². The highest BCUT2D eigenvalue weighted by molar-refractivity contribution is 9.10. The standard InChI is InChI=1S/C16H16BrCl2NO/c1-9-6-15(21-3)12(8-13(9)17)16(20-2)11-5-4-10(18)7-14(11)19/h4-8,16,20H,1-3H3. The molecule has 0 saturated carbocycles. The maximum atomic E-state index is 6.34.